The fourth-order valence-electron chi connectivity index (χ4n) is 3.10. The monoisotopic (exact) mass is 403 g/mol. The van der Waals surface area contributed by atoms with Gasteiger partial charge in [0.25, 0.3) is 0 Å². The van der Waals surface area contributed by atoms with E-state index in [0.717, 1.165) is 0 Å². The number of nitrogens with two attached hydrogens (primary N) is 3. The number of aliphatic hydroxyl groups is 4. The second-order valence-corrected chi connectivity index (χ2v) is 7.44. The smallest absolute Gasteiger partial charge is 0.388 e. The van der Waals surface area contributed by atoms with Crippen molar-refractivity contribution in [3.05, 3.63) is 0 Å². The summed E-state index contributed by atoms with van der Waals surface area (Å²) in [6.45, 7) is -0.191. The molecule has 10 atom stereocenters. The molecule has 2 fully saturated rings. The standard InChI is InChI=1S/C12H25N3O10S/c13-2-5-6(16)7(17)8(18)12(23-5)24-10-3(14)1-4(15)11(9(10)19)25-26(20,21)22/h3-12,16-19H,1-2,13-15H2,(H,20,21,22)/t3-,4+,5+,6+,7-,8+,9+,10+,11-,12+/m0/s1. The van der Waals surface area contributed by atoms with Gasteiger partial charge in [0.2, 0.25) is 0 Å². The first kappa shape index (κ1) is 21.8. The first-order chi connectivity index (χ1) is 12.0. The molecule has 2 rings (SSSR count). The van der Waals surface area contributed by atoms with Crippen LogP contribution < -0.4 is 17.2 Å². The summed E-state index contributed by atoms with van der Waals surface area (Å²) in [5.74, 6) is 0. The van der Waals surface area contributed by atoms with Gasteiger partial charge in [0, 0.05) is 18.6 Å². The number of hydrogen-bond acceptors (Lipinski definition) is 12. The highest BCUT2D eigenvalue weighted by Gasteiger charge is 2.49. The highest BCUT2D eigenvalue weighted by Crippen LogP contribution is 2.29. The first-order valence-electron chi connectivity index (χ1n) is 7.86. The zero-order chi connectivity index (χ0) is 19.8. The van der Waals surface area contributed by atoms with E-state index in [-0.39, 0.29) is 13.0 Å². The molecular formula is C12H25N3O10S. The van der Waals surface area contributed by atoms with Crippen LogP contribution in [-0.2, 0) is 24.1 Å². The highest BCUT2D eigenvalue weighted by molar-refractivity contribution is 7.80. The molecule has 14 heteroatoms. The maximum absolute atomic E-state index is 10.9. The summed E-state index contributed by atoms with van der Waals surface area (Å²) in [4.78, 5) is 0. The van der Waals surface area contributed by atoms with E-state index in [1.165, 1.54) is 0 Å². The van der Waals surface area contributed by atoms with Gasteiger partial charge in [0.15, 0.2) is 6.29 Å². The zero-order valence-corrected chi connectivity index (χ0v) is 14.4. The van der Waals surface area contributed by atoms with Crippen LogP contribution in [0.1, 0.15) is 6.42 Å². The predicted molar refractivity (Wildman–Crippen MR) is 83.6 cm³/mol. The molecule has 0 bridgehead atoms. The second-order valence-electron chi connectivity index (χ2n) is 6.39. The summed E-state index contributed by atoms with van der Waals surface area (Å²) in [6, 6.07) is -1.93. The Hall–Kier alpha value is -0.490. The average Bonchev–Trinajstić information content (AvgIpc) is 2.54. The molecule has 0 unspecified atom stereocenters. The molecule has 0 aromatic rings. The lowest BCUT2D eigenvalue weighted by Crippen LogP contribution is -2.66. The van der Waals surface area contributed by atoms with Crippen molar-refractivity contribution in [2.24, 2.45) is 17.2 Å². The van der Waals surface area contributed by atoms with Crippen molar-refractivity contribution < 1.29 is 47.1 Å². The number of ether oxygens (including phenoxy) is 2. The summed E-state index contributed by atoms with van der Waals surface area (Å²) in [7, 11) is -4.91. The molecule has 1 aliphatic heterocycles. The lowest BCUT2D eigenvalue weighted by atomic mass is 9.84. The molecule has 154 valence electrons. The zero-order valence-electron chi connectivity index (χ0n) is 13.6. The van der Waals surface area contributed by atoms with Crippen molar-refractivity contribution in [1.82, 2.24) is 0 Å². The van der Waals surface area contributed by atoms with E-state index in [0.29, 0.717) is 0 Å². The average molecular weight is 403 g/mol. The Morgan fingerprint density at radius 3 is 2.08 bits per heavy atom. The van der Waals surface area contributed by atoms with Crippen LogP contribution in [0.2, 0.25) is 0 Å². The molecule has 0 aromatic carbocycles. The van der Waals surface area contributed by atoms with Gasteiger partial charge in [-0.25, -0.2) is 4.18 Å². The van der Waals surface area contributed by atoms with Crippen LogP contribution in [0.3, 0.4) is 0 Å². The third kappa shape index (κ3) is 4.67. The van der Waals surface area contributed by atoms with E-state index >= 15 is 0 Å². The number of aliphatic hydroxyl groups excluding tert-OH is 4. The quantitative estimate of drug-likeness (QED) is 0.200. The third-order valence-electron chi connectivity index (χ3n) is 4.49. The molecule has 0 radical (unpaired) electrons. The minimum atomic E-state index is -4.91. The third-order valence-corrected chi connectivity index (χ3v) is 4.95. The van der Waals surface area contributed by atoms with Gasteiger partial charge in [0.1, 0.15) is 42.7 Å². The Morgan fingerprint density at radius 2 is 1.54 bits per heavy atom. The van der Waals surface area contributed by atoms with Gasteiger partial charge in [0.05, 0.1) is 0 Å². The summed E-state index contributed by atoms with van der Waals surface area (Å²) in [6.07, 6.45) is -12.0. The van der Waals surface area contributed by atoms with E-state index in [4.69, 9.17) is 31.2 Å². The number of rotatable bonds is 5. The van der Waals surface area contributed by atoms with Crippen molar-refractivity contribution in [1.29, 1.82) is 0 Å². The van der Waals surface area contributed by atoms with Gasteiger partial charge in [-0.3, -0.25) is 4.55 Å². The van der Waals surface area contributed by atoms with Crippen molar-refractivity contribution in [3.63, 3.8) is 0 Å². The van der Waals surface area contributed by atoms with Crippen LogP contribution in [0.5, 0.6) is 0 Å². The fraction of sp³-hybridized carbons (Fsp3) is 1.00. The van der Waals surface area contributed by atoms with Crippen LogP contribution in [0.4, 0.5) is 0 Å². The van der Waals surface area contributed by atoms with E-state index < -0.39 is 71.5 Å². The topological polar surface area (TPSA) is 241 Å². The van der Waals surface area contributed by atoms with Gasteiger partial charge < -0.3 is 47.1 Å². The van der Waals surface area contributed by atoms with Crippen molar-refractivity contribution >= 4 is 10.4 Å². The maximum atomic E-state index is 10.9. The van der Waals surface area contributed by atoms with E-state index in [9.17, 15) is 28.8 Å². The van der Waals surface area contributed by atoms with Crippen molar-refractivity contribution in [3.8, 4) is 0 Å². The molecule has 0 spiro atoms. The van der Waals surface area contributed by atoms with Gasteiger partial charge in [-0.2, -0.15) is 8.42 Å². The van der Waals surface area contributed by atoms with E-state index in [1.807, 2.05) is 0 Å². The lowest BCUT2D eigenvalue weighted by Gasteiger charge is -2.45. The fourth-order valence-corrected chi connectivity index (χ4v) is 3.64. The summed E-state index contributed by atoms with van der Waals surface area (Å²) >= 11 is 0. The molecule has 0 amide bonds. The molecule has 1 saturated heterocycles. The van der Waals surface area contributed by atoms with Crippen molar-refractivity contribution in [2.75, 3.05) is 6.54 Å². The molecule has 11 N–H and O–H groups in total. The lowest BCUT2D eigenvalue weighted by molar-refractivity contribution is -0.317. The Bertz CT molecular complexity index is 578. The van der Waals surface area contributed by atoms with Gasteiger partial charge >= 0.3 is 10.4 Å². The van der Waals surface area contributed by atoms with Crippen LogP contribution in [0, 0.1) is 0 Å². The highest BCUT2D eigenvalue weighted by atomic mass is 32.3. The largest absolute Gasteiger partial charge is 0.397 e. The minimum absolute atomic E-state index is 0.0454. The summed E-state index contributed by atoms with van der Waals surface area (Å²) in [5, 5.41) is 40.0. The molecular weight excluding hydrogens is 378 g/mol. The Morgan fingerprint density at radius 1 is 0.962 bits per heavy atom. The number of hydrogen-bond donors (Lipinski definition) is 8. The summed E-state index contributed by atoms with van der Waals surface area (Å²) in [5.41, 5.74) is 17.0. The van der Waals surface area contributed by atoms with Crippen LogP contribution in [0.15, 0.2) is 0 Å². The molecule has 26 heavy (non-hydrogen) atoms. The van der Waals surface area contributed by atoms with Crippen LogP contribution >= 0.6 is 0 Å². The van der Waals surface area contributed by atoms with Crippen LogP contribution in [-0.4, -0.2) is 101 Å². The normalized spacial score (nSPS) is 47.7. The molecule has 0 aromatic heterocycles. The van der Waals surface area contributed by atoms with Gasteiger partial charge in [-0.15, -0.1) is 0 Å². The second kappa shape index (κ2) is 8.26. The van der Waals surface area contributed by atoms with E-state index in [2.05, 4.69) is 4.18 Å². The van der Waals surface area contributed by atoms with E-state index in [1.54, 1.807) is 0 Å². The Balaban J connectivity index is 2.15. The Kier molecular flexibility index (Phi) is 6.92. The Labute approximate surface area is 149 Å². The first-order valence-corrected chi connectivity index (χ1v) is 9.23. The molecule has 13 nitrogen and oxygen atoms in total. The predicted octanol–water partition coefficient (Wildman–Crippen LogP) is -5.25. The van der Waals surface area contributed by atoms with Crippen molar-refractivity contribution in [2.45, 2.75) is 67.5 Å². The minimum Gasteiger partial charge on any atom is -0.388 e. The maximum Gasteiger partial charge on any atom is 0.397 e. The summed E-state index contributed by atoms with van der Waals surface area (Å²) < 4.78 is 45.8. The molecule has 1 heterocycles. The SMILES string of the molecule is NC[C@H]1O[C@H](O[C@H]2[C@@H](O)[C@@H](OS(=O)(=O)O)[C@H](N)C[C@@H]2N)[C@H](O)[C@@H](O)[C@@H]1O. The van der Waals surface area contributed by atoms with Crippen LogP contribution in [0.25, 0.3) is 0 Å². The van der Waals surface area contributed by atoms with Gasteiger partial charge in [-0.05, 0) is 6.42 Å². The molecule has 2 aliphatic rings. The van der Waals surface area contributed by atoms with Gasteiger partial charge in [-0.1, -0.05) is 0 Å². The molecule has 1 saturated carbocycles. The molecule has 1 aliphatic carbocycles.